The van der Waals surface area contributed by atoms with Gasteiger partial charge in [-0.25, -0.2) is 0 Å². The molecule has 2 aliphatic heterocycles. The first-order chi connectivity index (χ1) is 7.31. The maximum Gasteiger partial charge on any atom is 0.208 e. The summed E-state index contributed by atoms with van der Waals surface area (Å²) in [5.74, 6) is 0. The second kappa shape index (κ2) is 3.72. The van der Waals surface area contributed by atoms with E-state index in [0.717, 1.165) is 29.3 Å². The molecule has 2 bridgehead atoms. The van der Waals surface area contributed by atoms with Gasteiger partial charge < -0.3 is 10.2 Å². The van der Waals surface area contributed by atoms with Gasteiger partial charge in [-0.1, -0.05) is 11.3 Å². The zero-order valence-electron chi connectivity index (χ0n) is 8.94. The summed E-state index contributed by atoms with van der Waals surface area (Å²) in [6.45, 7) is 4.25. The van der Waals surface area contributed by atoms with Gasteiger partial charge in [0, 0.05) is 25.2 Å². The van der Waals surface area contributed by atoms with E-state index in [1.54, 1.807) is 11.3 Å². The summed E-state index contributed by atoms with van der Waals surface area (Å²) in [5, 5.41) is 14.2. The standard InChI is InChI=1S/C10H16N4S/c1-7-12-13-10(15-7)14-5-4-8-2-3-9(6-14)11-8/h8-9,11H,2-6H2,1H3. The van der Waals surface area contributed by atoms with Gasteiger partial charge in [-0.15, -0.1) is 10.2 Å². The number of rotatable bonds is 1. The molecule has 2 atom stereocenters. The lowest BCUT2D eigenvalue weighted by atomic mass is 10.1. The average molecular weight is 224 g/mol. The predicted molar refractivity (Wildman–Crippen MR) is 61.4 cm³/mol. The van der Waals surface area contributed by atoms with Gasteiger partial charge in [0.15, 0.2) is 0 Å². The van der Waals surface area contributed by atoms with E-state index in [-0.39, 0.29) is 0 Å². The van der Waals surface area contributed by atoms with Crippen molar-refractivity contribution in [2.75, 3.05) is 18.0 Å². The van der Waals surface area contributed by atoms with Gasteiger partial charge in [-0.2, -0.15) is 0 Å². The van der Waals surface area contributed by atoms with Crippen molar-refractivity contribution in [3.05, 3.63) is 5.01 Å². The first kappa shape index (κ1) is 9.54. The molecule has 0 saturated carbocycles. The molecule has 2 saturated heterocycles. The number of nitrogens with zero attached hydrogens (tertiary/aromatic N) is 3. The Morgan fingerprint density at radius 3 is 2.93 bits per heavy atom. The maximum absolute atomic E-state index is 4.23. The second-order valence-corrected chi connectivity index (χ2v) is 5.64. The summed E-state index contributed by atoms with van der Waals surface area (Å²) in [6.07, 6.45) is 3.92. The van der Waals surface area contributed by atoms with Gasteiger partial charge in [0.25, 0.3) is 0 Å². The molecule has 2 unspecified atom stereocenters. The zero-order chi connectivity index (χ0) is 10.3. The summed E-state index contributed by atoms with van der Waals surface area (Å²) in [4.78, 5) is 2.39. The van der Waals surface area contributed by atoms with Gasteiger partial charge in [-0.3, -0.25) is 0 Å². The molecule has 82 valence electrons. The molecule has 1 N–H and O–H groups in total. The Morgan fingerprint density at radius 2 is 2.13 bits per heavy atom. The summed E-state index contributed by atoms with van der Waals surface area (Å²) in [5.41, 5.74) is 0. The van der Waals surface area contributed by atoms with Crippen LogP contribution >= 0.6 is 11.3 Å². The third-order valence-electron chi connectivity index (χ3n) is 3.31. The van der Waals surface area contributed by atoms with Gasteiger partial charge >= 0.3 is 0 Å². The molecule has 2 fully saturated rings. The first-order valence-electron chi connectivity index (χ1n) is 5.62. The fourth-order valence-corrected chi connectivity index (χ4v) is 3.25. The van der Waals surface area contributed by atoms with Crippen molar-refractivity contribution in [3.8, 4) is 0 Å². The zero-order valence-corrected chi connectivity index (χ0v) is 9.76. The molecule has 1 aromatic heterocycles. The van der Waals surface area contributed by atoms with E-state index in [1.165, 1.54) is 19.3 Å². The van der Waals surface area contributed by atoms with Crippen LogP contribution in [0.15, 0.2) is 0 Å². The fraction of sp³-hybridized carbons (Fsp3) is 0.800. The second-order valence-electron chi connectivity index (χ2n) is 4.48. The Morgan fingerprint density at radius 1 is 1.27 bits per heavy atom. The number of aryl methyl sites for hydroxylation is 1. The van der Waals surface area contributed by atoms with E-state index in [4.69, 9.17) is 0 Å². The van der Waals surface area contributed by atoms with Gasteiger partial charge in [-0.05, 0) is 26.2 Å². The SMILES string of the molecule is Cc1nnc(N2CCC3CCC(C2)N3)s1. The van der Waals surface area contributed by atoms with Crippen molar-refractivity contribution in [2.24, 2.45) is 0 Å². The van der Waals surface area contributed by atoms with Crippen molar-refractivity contribution < 1.29 is 0 Å². The molecule has 4 nitrogen and oxygen atoms in total. The first-order valence-corrected chi connectivity index (χ1v) is 6.44. The van der Waals surface area contributed by atoms with Crippen molar-refractivity contribution in [1.29, 1.82) is 0 Å². The van der Waals surface area contributed by atoms with E-state index in [2.05, 4.69) is 20.4 Å². The summed E-state index contributed by atoms with van der Waals surface area (Å²) < 4.78 is 0. The number of hydrogen-bond acceptors (Lipinski definition) is 5. The van der Waals surface area contributed by atoms with Crippen LogP contribution in [0.2, 0.25) is 0 Å². The highest BCUT2D eigenvalue weighted by Gasteiger charge is 2.30. The van der Waals surface area contributed by atoms with Crippen LogP contribution in [0.1, 0.15) is 24.3 Å². The Bertz CT molecular complexity index is 351. The molecule has 0 amide bonds. The quantitative estimate of drug-likeness (QED) is 0.777. The molecule has 1 aromatic rings. The minimum Gasteiger partial charge on any atom is -0.345 e. The van der Waals surface area contributed by atoms with Gasteiger partial charge in [0.05, 0.1) is 0 Å². The monoisotopic (exact) mass is 224 g/mol. The third-order valence-corrected chi connectivity index (χ3v) is 4.21. The lowest BCUT2D eigenvalue weighted by molar-refractivity contribution is 0.563. The van der Waals surface area contributed by atoms with E-state index in [1.807, 2.05) is 6.92 Å². The highest BCUT2D eigenvalue weighted by atomic mass is 32.1. The van der Waals surface area contributed by atoms with Gasteiger partial charge in [0.2, 0.25) is 5.13 Å². The smallest absolute Gasteiger partial charge is 0.208 e. The van der Waals surface area contributed by atoms with Crippen LogP contribution in [-0.2, 0) is 0 Å². The normalized spacial score (nSPS) is 30.6. The van der Waals surface area contributed by atoms with Crippen LogP contribution in [0, 0.1) is 6.92 Å². The molecule has 15 heavy (non-hydrogen) atoms. The minimum atomic E-state index is 0.668. The summed E-state index contributed by atoms with van der Waals surface area (Å²) >= 11 is 1.71. The van der Waals surface area contributed by atoms with Crippen LogP contribution in [0.25, 0.3) is 0 Å². The number of aromatic nitrogens is 2. The van der Waals surface area contributed by atoms with Crippen molar-refractivity contribution >= 4 is 16.5 Å². The Kier molecular flexibility index (Phi) is 2.36. The van der Waals surface area contributed by atoms with Crippen LogP contribution in [-0.4, -0.2) is 35.4 Å². The van der Waals surface area contributed by atoms with Crippen molar-refractivity contribution in [3.63, 3.8) is 0 Å². The number of fused-ring (bicyclic) bond motifs is 2. The molecular weight excluding hydrogens is 208 g/mol. The molecule has 0 aromatic carbocycles. The molecule has 0 radical (unpaired) electrons. The van der Waals surface area contributed by atoms with Crippen LogP contribution in [0.4, 0.5) is 5.13 Å². The summed E-state index contributed by atoms with van der Waals surface area (Å²) in [7, 11) is 0. The van der Waals surface area contributed by atoms with E-state index < -0.39 is 0 Å². The Balaban J connectivity index is 1.77. The highest BCUT2D eigenvalue weighted by Crippen LogP contribution is 2.26. The maximum atomic E-state index is 4.23. The molecule has 2 aliphatic rings. The van der Waals surface area contributed by atoms with Crippen LogP contribution in [0.5, 0.6) is 0 Å². The molecule has 0 aliphatic carbocycles. The topological polar surface area (TPSA) is 41.1 Å². The Labute approximate surface area is 93.7 Å². The number of nitrogens with one attached hydrogen (secondary N) is 1. The molecule has 0 spiro atoms. The highest BCUT2D eigenvalue weighted by molar-refractivity contribution is 7.15. The van der Waals surface area contributed by atoms with Crippen LogP contribution in [0.3, 0.4) is 0 Å². The van der Waals surface area contributed by atoms with Crippen LogP contribution < -0.4 is 10.2 Å². The minimum absolute atomic E-state index is 0.668. The lowest BCUT2D eigenvalue weighted by Gasteiger charge is -2.22. The molecule has 3 heterocycles. The number of anilines is 1. The number of hydrogen-bond donors (Lipinski definition) is 1. The van der Waals surface area contributed by atoms with E-state index >= 15 is 0 Å². The fourth-order valence-electron chi connectivity index (χ4n) is 2.53. The molecular formula is C10H16N4S. The van der Waals surface area contributed by atoms with E-state index in [0.29, 0.717) is 6.04 Å². The predicted octanol–water partition coefficient (Wildman–Crippen LogP) is 1.18. The molecule has 5 heteroatoms. The van der Waals surface area contributed by atoms with Crippen molar-refractivity contribution in [1.82, 2.24) is 15.5 Å². The van der Waals surface area contributed by atoms with Gasteiger partial charge in [0.1, 0.15) is 5.01 Å². The largest absolute Gasteiger partial charge is 0.345 e. The summed E-state index contributed by atoms with van der Waals surface area (Å²) in [6, 6.07) is 1.41. The van der Waals surface area contributed by atoms with E-state index in [9.17, 15) is 0 Å². The molecule has 3 rings (SSSR count). The third kappa shape index (κ3) is 1.86. The Hall–Kier alpha value is -0.680. The van der Waals surface area contributed by atoms with Crippen molar-refractivity contribution in [2.45, 2.75) is 38.3 Å². The average Bonchev–Trinajstić information content (AvgIpc) is 2.74. The lowest BCUT2D eigenvalue weighted by Crippen LogP contribution is -2.35.